The van der Waals surface area contributed by atoms with Crippen LogP contribution in [0.4, 0.5) is 0 Å². The van der Waals surface area contributed by atoms with Gasteiger partial charge in [-0.25, -0.2) is 13.1 Å². The Hall–Kier alpha value is -1.07. The van der Waals surface area contributed by atoms with Crippen molar-refractivity contribution in [3.05, 3.63) is 23.8 Å². The maximum Gasteiger partial charge on any atom is 0.240 e. The highest BCUT2D eigenvalue weighted by molar-refractivity contribution is 7.89. The van der Waals surface area contributed by atoms with Gasteiger partial charge in [-0.15, -0.1) is 0 Å². The van der Waals surface area contributed by atoms with Crippen LogP contribution in [0.5, 0.6) is 5.75 Å². The predicted molar refractivity (Wildman–Crippen MR) is 72.4 cm³/mol. The number of sulfonamides is 1. The van der Waals surface area contributed by atoms with Crippen LogP contribution in [0, 0.1) is 6.92 Å². The molecular formula is C13H21NO3S. The Kier molecular flexibility index (Phi) is 5.16. The third-order valence-electron chi connectivity index (χ3n) is 2.31. The van der Waals surface area contributed by atoms with E-state index in [9.17, 15) is 8.42 Å². The maximum atomic E-state index is 12.0. The molecule has 0 atom stereocenters. The van der Waals surface area contributed by atoms with Crippen molar-refractivity contribution in [2.24, 2.45) is 0 Å². The molecule has 5 heteroatoms. The Morgan fingerprint density at radius 1 is 1.33 bits per heavy atom. The van der Waals surface area contributed by atoms with Crippen molar-refractivity contribution in [3.63, 3.8) is 0 Å². The van der Waals surface area contributed by atoms with Crippen LogP contribution in [0.3, 0.4) is 0 Å². The lowest BCUT2D eigenvalue weighted by molar-refractivity contribution is 0.315. The molecule has 1 N–H and O–H groups in total. The molecule has 0 bridgehead atoms. The topological polar surface area (TPSA) is 55.4 Å². The summed E-state index contributed by atoms with van der Waals surface area (Å²) in [4.78, 5) is 0.276. The van der Waals surface area contributed by atoms with Gasteiger partial charge in [-0.2, -0.15) is 0 Å². The van der Waals surface area contributed by atoms with Crippen LogP contribution < -0.4 is 9.46 Å². The summed E-state index contributed by atoms with van der Waals surface area (Å²) in [6.45, 7) is 8.10. The smallest absolute Gasteiger partial charge is 0.240 e. The van der Waals surface area contributed by atoms with Gasteiger partial charge in [0.05, 0.1) is 11.5 Å². The summed E-state index contributed by atoms with van der Waals surface area (Å²) in [6, 6.07) is 4.80. The van der Waals surface area contributed by atoms with Crippen LogP contribution in [-0.4, -0.2) is 21.1 Å². The summed E-state index contributed by atoms with van der Waals surface area (Å²) < 4.78 is 32.0. The molecule has 0 aliphatic rings. The van der Waals surface area contributed by atoms with Crippen molar-refractivity contribution in [3.8, 4) is 5.75 Å². The van der Waals surface area contributed by atoms with Gasteiger partial charge in [0.1, 0.15) is 5.75 Å². The maximum absolute atomic E-state index is 12.0. The van der Waals surface area contributed by atoms with E-state index in [2.05, 4.69) is 4.72 Å². The van der Waals surface area contributed by atoms with Crippen LogP contribution in [0.1, 0.15) is 32.8 Å². The van der Waals surface area contributed by atoms with Gasteiger partial charge in [0.2, 0.25) is 10.0 Å². The van der Waals surface area contributed by atoms with Crippen molar-refractivity contribution in [2.75, 3.05) is 6.61 Å². The Morgan fingerprint density at radius 2 is 2.00 bits per heavy atom. The SMILES string of the molecule is CCCOc1ccc(S(=O)(=O)NC(C)C)cc1C. The van der Waals surface area contributed by atoms with Crippen molar-refractivity contribution in [1.82, 2.24) is 4.72 Å². The number of hydrogen-bond acceptors (Lipinski definition) is 3. The molecule has 0 aliphatic heterocycles. The average molecular weight is 271 g/mol. The zero-order valence-electron chi connectivity index (χ0n) is 11.4. The molecule has 0 fully saturated rings. The largest absolute Gasteiger partial charge is 0.493 e. The van der Waals surface area contributed by atoms with E-state index in [1.165, 1.54) is 0 Å². The predicted octanol–water partition coefficient (Wildman–Crippen LogP) is 2.47. The first-order valence-corrected chi connectivity index (χ1v) is 7.61. The van der Waals surface area contributed by atoms with E-state index >= 15 is 0 Å². The number of aryl methyl sites for hydroxylation is 1. The fourth-order valence-corrected chi connectivity index (χ4v) is 2.88. The normalized spacial score (nSPS) is 11.8. The van der Waals surface area contributed by atoms with Crippen molar-refractivity contribution >= 4 is 10.0 Å². The molecule has 102 valence electrons. The zero-order chi connectivity index (χ0) is 13.8. The molecule has 0 aromatic heterocycles. The number of hydrogen-bond donors (Lipinski definition) is 1. The summed E-state index contributed by atoms with van der Waals surface area (Å²) in [6.07, 6.45) is 0.925. The second-order valence-corrected chi connectivity index (χ2v) is 6.27. The molecule has 0 aliphatic carbocycles. The Morgan fingerprint density at radius 3 is 2.50 bits per heavy atom. The van der Waals surface area contributed by atoms with Crippen LogP contribution in [0.25, 0.3) is 0 Å². The average Bonchev–Trinajstić information content (AvgIpc) is 2.25. The molecule has 0 saturated heterocycles. The third kappa shape index (κ3) is 3.99. The van der Waals surface area contributed by atoms with Gasteiger partial charge in [0.15, 0.2) is 0 Å². The fourth-order valence-electron chi connectivity index (χ4n) is 1.54. The van der Waals surface area contributed by atoms with Gasteiger partial charge in [-0.05, 0) is 51.0 Å². The highest BCUT2D eigenvalue weighted by Gasteiger charge is 2.16. The van der Waals surface area contributed by atoms with Crippen molar-refractivity contribution in [1.29, 1.82) is 0 Å². The molecule has 18 heavy (non-hydrogen) atoms. The molecule has 4 nitrogen and oxygen atoms in total. The first-order chi connectivity index (χ1) is 8.36. The molecule has 1 aromatic rings. The number of rotatable bonds is 6. The fraction of sp³-hybridized carbons (Fsp3) is 0.538. The molecule has 1 rings (SSSR count). The molecule has 0 amide bonds. The minimum atomic E-state index is -3.42. The molecule has 1 aromatic carbocycles. The second kappa shape index (κ2) is 6.20. The summed E-state index contributed by atoms with van der Waals surface area (Å²) in [7, 11) is -3.42. The lowest BCUT2D eigenvalue weighted by atomic mass is 10.2. The van der Waals surface area contributed by atoms with Gasteiger partial charge in [0, 0.05) is 6.04 Å². The number of benzene rings is 1. The minimum absolute atomic E-state index is 0.119. The first-order valence-electron chi connectivity index (χ1n) is 6.12. The molecule has 0 radical (unpaired) electrons. The van der Waals surface area contributed by atoms with Crippen LogP contribution in [-0.2, 0) is 10.0 Å². The van der Waals surface area contributed by atoms with Gasteiger partial charge in [-0.1, -0.05) is 6.92 Å². The zero-order valence-corrected chi connectivity index (χ0v) is 12.2. The number of ether oxygens (including phenoxy) is 1. The highest BCUT2D eigenvalue weighted by atomic mass is 32.2. The van der Waals surface area contributed by atoms with E-state index in [1.54, 1.807) is 32.0 Å². The van der Waals surface area contributed by atoms with Gasteiger partial charge in [-0.3, -0.25) is 0 Å². The monoisotopic (exact) mass is 271 g/mol. The van der Waals surface area contributed by atoms with Gasteiger partial charge in [0.25, 0.3) is 0 Å². The quantitative estimate of drug-likeness (QED) is 0.864. The van der Waals surface area contributed by atoms with E-state index in [0.29, 0.717) is 6.61 Å². The third-order valence-corrected chi connectivity index (χ3v) is 3.97. The number of nitrogens with one attached hydrogen (secondary N) is 1. The molecule has 0 spiro atoms. The van der Waals surface area contributed by atoms with Crippen molar-refractivity contribution in [2.45, 2.75) is 45.1 Å². The standard InChI is InChI=1S/C13H21NO3S/c1-5-8-17-13-7-6-12(9-11(13)4)18(15,16)14-10(2)3/h6-7,9-10,14H,5,8H2,1-4H3. The van der Waals surface area contributed by atoms with E-state index in [-0.39, 0.29) is 10.9 Å². The van der Waals surface area contributed by atoms with Crippen LogP contribution in [0.2, 0.25) is 0 Å². The Bertz CT molecular complexity index is 495. The van der Waals surface area contributed by atoms with E-state index in [4.69, 9.17) is 4.74 Å². The highest BCUT2D eigenvalue weighted by Crippen LogP contribution is 2.22. The van der Waals surface area contributed by atoms with Gasteiger partial charge >= 0.3 is 0 Å². The second-order valence-electron chi connectivity index (χ2n) is 4.55. The summed E-state index contributed by atoms with van der Waals surface area (Å²) in [5.74, 6) is 0.736. The lowest BCUT2D eigenvalue weighted by Gasteiger charge is -2.12. The molecule has 0 heterocycles. The summed E-state index contributed by atoms with van der Waals surface area (Å²) >= 11 is 0. The summed E-state index contributed by atoms with van der Waals surface area (Å²) in [5, 5.41) is 0. The molecule has 0 saturated carbocycles. The Balaban J connectivity index is 2.97. The summed E-state index contributed by atoms with van der Waals surface area (Å²) in [5.41, 5.74) is 0.829. The van der Waals surface area contributed by atoms with Gasteiger partial charge < -0.3 is 4.74 Å². The molecule has 0 unspecified atom stereocenters. The Labute approximate surface area is 109 Å². The van der Waals surface area contributed by atoms with E-state index in [0.717, 1.165) is 17.7 Å². The minimum Gasteiger partial charge on any atom is -0.493 e. The van der Waals surface area contributed by atoms with Crippen LogP contribution >= 0.6 is 0 Å². The molecular weight excluding hydrogens is 250 g/mol. The lowest BCUT2D eigenvalue weighted by Crippen LogP contribution is -2.30. The van der Waals surface area contributed by atoms with E-state index < -0.39 is 10.0 Å². The van der Waals surface area contributed by atoms with E-state index in [1.807, 2.05) is 13.8 Å². The first kappa shape index (κ1) is 15.0. The van der Waals surface area contributed by atoms with Crippen LogP contribution in [0.15, 0.2) is 23.1 Å². The van der Waals surface area contributed by atoms with Crippen molar-refractivity contribution < 1.29 is 13.2 Å².